The Bertz CT molecular complexity index is 932. The second-order valence-electron chi connectivity index (χ2n) is 5.03. The number of nitrogens with one attached hydrogen (secondary N) is 1. The average Bonchev–Trinajstić information content (AvgIpc) is 3.22. The third-order valence-electron chi connectivity index (χ3n) is 3.55. The molecule has 0 aliphatic carbocycles. The summed E-state index contributed by atoms with van der Waals surface area (Å²) in [5.41, 5.74) is 4.12. The molecule has 0 unspecified atom stereocenters. The van der Waals surface area contributed by atoms with Crippen molar-refractivity contribution < 1.29 is 0 Å². The first-order chi connectivity index (χ1) is 10.9. The molecule has 4 rings (SSSR count). The van der Waals surface area contributed by atoms with Crippen LogP contribution in [0.5, 0.6) is 0 Å². The van der Waals surface area contributed by atoms with E-state index in [1.165, 1.54) is 5.56 Å². The molecule has 3 aromatic heterocycles. The summed E-state index contributed by atoms with van der Waals surface area (Å²) in [5.74, 6) is 0. The minimum Gasteiger partial charge on any atom is -0.346 e. The fourth-order valence-corrected chi connectivity index (χ4v) is 2.46. The molecule has 22 heavy (non-hydrogen) atoms. The van der Waals surface area contributed by atoms with Crippen LogP contribution in [-0.2, 0) is 0 Å². The molecular weight excluding hydrogens is 272 g/mol. The lowest BCUT2D eigenvalue weighted by molar-refractivity contribution is 0.886. The van der Waals surface area contributed by atoms with Crippen LogP contribution in [-0.4, -0.2) is 19.7 Å². The lowest BCUT2D eigenvalue weighted by Crippen LogP contribution is -1.95. The van der Waals surface area contributed by atoms with Gasteiger partial charge < -0.3 is 4.98 Å². The molecule has 0 saturated heterocycles. The lowest BCUT2D eigenvalue weighted by Gasteiger charge is -2.01. The van der Waals surface area contributed by atoms with Crippen molar-refractivity contribution in [2.24, 2.45) is 0 Å². The van der Waals surface area contributed by atoms with Crippen molar-refractivity contribution in [3.8, 4) is 5.69 Å². The molecule has 0 radical (unpaired) electrons. The van der Waals surface area contributed by atoms with Crippen LogP contribution in [0.3, 0.4) is 0 Å². The van der Waals surface area contributed by atoms with Crippen molar-refractivity contribution >= 4 is 23.2 Å². The van der Waals surface area contributed by atoms with Crippen LogP contribution in [0, 0.1) is 0 Å². The van der Waals surface area contributed by atoms with Gasteiger partial charge in [-0.25, -0.2) is 9.67 Å². The SMILES string of the molecule is C(=Cc1cnn(-c2ccnc3[nH]ccc23)c1)c1ccccc1. The van der Waals surface area contributed by atoms with Crippen molar-refractivity contribution in [2.45, 2.75) is 0 Å². The summed E-state index contributed by atoms with van der Waals surface area (Å²) in [6.07, 6.45) is 11.7. The van der Waals surface area contributed by atoms with E-state index >= 15 is 0 Å². The summed E-state index contributed by atoms with van der Waals surface area (Å²) < 4.78 is 1.88. The fourth-order valence-electron chi connectivity index (χ4n) is 2.46. The van der Waals surface area contributed by atoms with Crippen LogP contribution in [0.25, 0.3) is 28.9 Å². The van der Waals surface area contributed by atoms with Crippen molar-refractivity contribution in [1.29, 1.82) is 0 Å². The number of aromatic nitrogens is 4. The Balaban J connectivity index is 1.67. The monoisotopic (exact) mass is 286 g/mol. The van der Waals surface area contributed by atoms with E-state index in [0.29, 0.717) is 0 Å². The van der Waals surface area contributed by atoms with Gasteiger partial charge in [-0.15, -0.1) is 0 Å². The molecule has 0 bridgehead atoms. The molecular formula is C18H14N4. The molecule has 0 atom stereocenters. The van der Waals surface area contributed by atoms with Gasteiger partial charge in [0.05, 0.1) is 11.9 Å². The zero-order chi connectivity index (χ0) is 14.8. The molecule has 4 aromatic rings. The molecule has 1 aromatic carbocycles. The van der Waals surface area contributed by atoms with E-state index in [4.69, 9.17) is 0 Å². The van der Waals surface area contributed by atoms with Crippen LogP contribution in [0.1, 0.15) is 11.1 Å². The Labute approximate surface area is 127 Å². The lowest BCUT2D eigenvalue weighted by atomic mass is 10.2. The van der Waals surface area contributed by atoms with Gasteiger partial charge in [0.1, 0.15) is 5.65 Å². The van der Waals surface area contributed by atoms with Gasteiger partial charge in [-0.3, -0.25) is 0 Å². The topological polar surface area (TPSA) is 46.5 Å². The Hall–Kier alpha value is -3.14. The average molecular weight is 286 g/mol. The highest BCUT2D eigenvalue weighted by atomic mass is 15.3. The maximum Gasteiger partial charge on any atom is 0.139 e. The van der Waals surface area contributed by atoms with E-state index in [1.54, 1.807) is 6.20 Å². The van der Waals surface area contributed by atoms with Gasteiger partial charge >= 0.3 is 0 Å². The first-order valence-electron chi connectivity index (χ1n) is 7.10. The minimum absolute atomic E-state index is 0.870. The Morgan fingerprint density at radius 1 is 0.955 bits per heavy atom. The highest BCUT2D eigenvalue weighted by Crippen LogP contribution is 2.19. The van der Waals surface area contributed by atoms with E-state index in [2.05, 4.69) is 39.4 Å². The number of hydrogen-bond acceptors (Lipinski definition) is 2. The first kappa shape index (κ1) is 12.6. The van der Waals surface area contributed by atoms with Crippen LogP contribution in [0.15, 0.2) is 67.3 Å². The summed E-state index contributed by atoms with van der Waals surface area (Å²) in [6, 6.07) is 14.2. The van der Waals surface area contributed by atoms with Crippen molar-refractivity contribution in [3.63, 3.8) is 0 Å². The molecule has 0 aliphatic rings. The molecule has 1 N–H and O–H groups in total. The van der Waals surface area contributed by atoms with Gasteiger partial charge in [-0.2, -0.15) is 5.10 Å². The highest BCUT2D eigenvalue weighted by molar-refractivity contribution is 5.84. The Morgan fingerprint density at radius 2 is 1.82 bits per heavy atom. The number of H-pyrrole nitrogens is 1. The maximum absolute atomic E-state index is 4.45. The number of hydrogen-bond donors (Lipinski definition) is 1. The molecule has 106 valence electrons. The van der Waals surface area contributed by atoms with Gasteiger partial charge in [0.25, 0.3) is 0 Å². The minimum atomic E-state index is 0.870. The predicted molar refractivity (Wildman–Crippen MR) is 88.6 cm³/mol. The molecule has 0 saturated carbocycles. The Kier molecular flexibility index (Phi) is 3.05. The fraction of sp³-hybridized carbons (Fsp3) is 0. The van der Waals surface area contributed by atoms with E-state index in [1.807, 2.05) is 53.6 Å². The van der Waals surface area contributed by atoms with Gasteiger partial charge in [-0.05, 0) is 17.7 Å². The number of fused-ring (bicyclic) bond motifs is 1. The summed E-state index contributed by atoms with van der Waals surface area (Å²) in [7, 11) is 0. The van der Waals surface area contributed by atoms with E-state index in [-0.39, 0.29) is 0 Å². The van der Waals surface area contributed by atoms with Gasteiger partial charge in [0.15, 0.2) is 0 Å². The molecule has 0 fully saturated rings. The molecule has 4 nitrogen and oxygen atoms in total. The molecule has 3 heterocycles. The summed E-state index contributed by atoms with van der Waals surface area (Å²) in [4.78, 5) is 7.42. The van der Waals surface area contributed by atoms with Crippen LogP contribution in [0.2, 0.25) is 0 Å². The van der Waals surface area contributed by atoms with Gasteiger partial charge in [0, 0.05) is 29.5 Å². The van der Waals surface area contributed by atoms with Gasteiger partial charge in [0.2, 0.25) is 0 Å². The van der Waals surface area contributed by atoms with Crippen LogP contribution < -0.4 is 0 Å². The number of rotatable bonds is 3. The molecule has 0 amide bonds. The van der Waals surface area contributed by atoms with Crippen LogP contribution in [0.4, 0.5) is 0 Å². The van der Waals surface area contributed by atoms with E-state index in [0.717, 1.165) is 22.3 Å². The normalized spacial score (nSPS) is 11.5. The van der Waals surface area contributed by atoms with E-state index < -0.39 is 0 Å². The smallest absolute Gasteiger partial charge is 0.139 e. The zero-order valence-corrected chi connectivity index (χ0v) is 11.8. The van der Waals surface area contributed by atoms with Gasteiger partial charge in [-0.1, -0.05) is 42.5 Å². The first-order valence-corrected chi connectivity index (χ1v) is 7.10. The summed E-state index contributed by atoms with van der Waals surface area (Å²) >= 11 is 0. The molecule has 0 aliphatic heterocycles. The maximum atomic E-state index is 4.45. The molecule has 4 heteroatoms. The number of benzene rings is 1. The largest absolute Gasteiger partial charge is 0.346 e. The quantitative estimate of drug-likeness (QED) is 0.620. The zero-order valence-electron chi connectivity index (χ0n) is 11.8. The summed E-state index contributed by atoms with van der Waals surface area (Å²) in [6.45, 7) is 0. The second kappa shape index (κ2) is 5.33. The molecule has 0 spiro atoms. The summed E-state index contributed by atoms with van der Waals surface area (Å²) in [5, 5.41) is 5.51. The number of aromatic amines is 1. The van der Waals surface area contributed by atoms with Crippen molar-refractivity contribution in [1.82, 2.24) is 19.7 Å². The standard InChI is InChI=1S/C18H14N4/c1-2-4-14(5-3-1)6-7-15-12-21-22(13-15)17-9-11-20-18-16(17)8-10-19-18/h1-13H,(H,19,20). The third kappa shape index (κ3) is 2.31. The third-order valence-corrected chi connectivity index (χ3v) is 3.55. The van der Waals surface area contributed by atoms with Crippen molar-refractivity contribution in [2.75, 3.05) is 0 Å². The second-order valence-corrected chi connectivity index (χ2v) is 5.03. The highest BCUT2D eigenvalue weighted by Gasteiger charge is 2.05. The van der Waals surface area contributed by atoms with Crippen LogP contribution >= 0.6 is 0 Å². The number of pyridine rings is 1. The van der Waals surface area contributed by atoms with E-state index in [9.17, 15) is 0 Å². The Morgan fingerprint density at radius 3 is 2.73 bits per heavy atom. The predicted octanol–water partition coefficient (Wildman–Crippen LogP) is 3.92. The van der Waals surface area contributed by atoms with Crippen molar-refractivity contribution in [3.05, 3.63) is 78.4 Å². The number of nitrogens with zero attached hydrogens (tertiary/aromatic N) is 3.